The molecule has 0 bridgehead atoms. The Hall–Kier alpha value is -3.79. The zero-order valence-electron chi connectivity index (χ0n) is 16.6. The van der Waals surface area contributed by atoms with E-state index in [1.54, 1.807) is 47.6 Å². The van der Waals surface area contributed by atoms with Crippen molar-refractivity contribution in [3.05, 3.63) is 76.6 Å². The van der Waals surface area contributed by atoms with Crippen LogP contribution in [0.15, 0.2) is 60.9 Å². The van der Waals surface area contributed by atoms with Gasteiger partial charge in [-0.05, 0) is 35.9 Å². The largest absolute Gasteiger partial charge is 0.375 e. The summed E-state index contributed by atoms with van der Waals surface area (Å²) in [6, 6.07) is 13.7. The standard InChI is InChI=1S/C21H21FN6O3/c22-19-14-31-12-11-27(19)17-4-2-1-3-16(17)25-21-18(28(29)30)5-6-20(26-21)24-13-15-7-9-23-10-8-15/h1-10,19H,11-14H2,(H2,24,25,26). The molecule has 0 spiro atoms. The lowest BCUT2D eigenvalue weighted by Crippen LogP contribution is -2.43. The molecule has 0 amide bonds. The van der Waals surface area contributed by atoms with Crippen molar-refractivity contribution in [3.63, 3.8) is 0 Å². The fourth-order valence-electron chi connectivity index (χ4n) is 3.29. The van der Waals surface area contributed by atoms with Gasteiger partial charge in [0.2, 0.25) is 5.82 Å². The summed E-state index contributed by atoms with van der Waals surface area (Å²) in [4.78, 5) is 21.0. The Bertz CT molecular complexity index is 1050. The number of anilines is 4. The number of rotatable bonds is 7. The van der Waals surface area contributed by atoms with Gasteiger partial charge in [0.25, 0.3) is 0 Å². The molecular formula is C21H21FN6O3. The minimum atomic E-state index is -1.30. The molecule has 9 nitrogen and oxygen atoms in total. The van der Waals surface area contributed by atoms with Crippen LogP contribution >= 0.6 is 0 Å². The summed E-state index contributed by atoms with van der Waals surface area (Å²) in [6.07, 6.45) is 2.08. The van der Waals surface area contributed by atoms with E-state index in [1.165, 1.54) is 6.07 Å². The summed E-state index contributed by atoms with van der Waals surface area (Å²) in [6.45, 7) is 1.24. The second-order valence-electron chi connectivity index (χ2n) is 6.88. The van der Waals surface area contributed by atoms with E-state index in [0.717, 1.165) is 5.56 Å². The maximum Gasteiger partial charge on any atom is 0.311 e. The molecule has 4 rings (SSSR count). The van der Waals surface area contributed by atoms with Crippen molar-refractivity contribution >= 4 is 28.7 Å². The average Bonchev–Trinajstić information content (AvgIpc) is 2.79. The van der Waals surface area contributed by atoms with Crippen LogP contribution in [0.5, 0.6) is 0 Å². The number of para-hydroxylation sites is 2. The average molecular weight is 424 g/mol. The maximum atomic E-state index is 14.4. The van der Waals surface area contributed by atoms with Crippen LogP contribution in [0.3, 0.4) is 0 Å². The topological polar surface area (TPSA) is 105 Å². The van der Waals surface area contributed by atoms with Gasteiger partial charge in [-0.3, -0.25) is 15.1 Å². The third kappa shape index (κ3) is 4.86. The predicted molar refractivity (Wildman–Crippen MR) is 115 cm³/mol. The van der Waals surface area contributed by atoms with E-state index in [0.29, 0.717) is 36.9 Å². The van der Waals surface area contributed by atoms with Crippen molar-refractivity contribution in [2.24, 2.45) is 0 Å². The number of ether oxygens (including phenoxy) is 1. The summed E-state index contributed by atoms with van der Waals surface area (Å²) < 4.78 is 19.6. The first kappa shape index (κ1) is 20.5. The second kappa shape index (κ2) is 9.35. The fraction of sp³-hybridized carbons (Fsp3) is 0.238. The quantitative estimate of drug-likeness (QED) is 0.335. The number of morpholine rings is 1. The molecule has 1 atom stereocenters. The number of benzene rings is 1. The van der Waals surface area contributed by atoms with Gasteiger partial charge in [-0.2, -0.15) is 0 Å². The van der Waals surface area contributed by atoms with Gasteiger partial charge in [-0.1, -0.05) is 12.1 Å². The monoisotopic (exact) mass is 424 g/mol. The van der Waals surface area contributed by atoms with E-state index in [4.69, 9.17) is 4.74 Å². The SMILES string of the molecule is O=[N+]([O-])c1ccc(NCc2ccncc2)nc1Nc1ccccc1N1CCOCC1F. The molecule has 1 aromatic carbocycles. The highest BCUT2D eigenvalue weighted by molar-refractivity contribution is 5.78. The van der Waals surface area contributed by atoms with E-state index < -0.39 is 11.2 Å². The second-order valence-corrected chi connectivity index (χ2v) is 6.88. The van der Waals surface area contributed by atoms with Crippen LogP contribution in [0.25, 0.3) is 0 Å². The van der Waals surface area contributed by atoms with E-state index in [2.05, 4.69) is 20.6 Å². The van der Waals surface area contributed by atoms with Gasteiger partial charge in [0.15, 0.2) is 6.30 Å². The van der Waals surface area contributed by atoms with E-state index in [-0.39, 0.29) is 18.1 Å². The van der Waals surface area contributed by atoms with Crippen LogP contribution in [-0.2, 0) is 11.3 Å². The normalized spacial score (nSPS) is 16.0. The lowest BCUT2D eigenvalue weighted by molar-refractivity contribution is -0.384. The first-order valence-corrected chi connectivity index (χ1v) is 9.74. The first-order chi connectivity index (χ1) is 15.1. The number of pyridine rings is 2. The number of hydrogen-bond acceptors (Lipinski definition) is 8. The number of nitrogens with zero attached hydrogens (tertiary/aromatic N) is 4. The summed E-state index contributed by atoms with van der Waals surface area (Å²) in [5.41, 5.74) is 1.93. The maximum absolute atomic E-state index is 14.4. The zero-order valence-corrected chi connectivity index (χ0v) is 16.6. The van der Waals surface area contributed by atoms with E-state index >= 15 is 0 Å². The summed E-state index contributed by atoms with van der Waals surface area (Å²) >= 11 is 0. The Morgan fingerprint density at radius 3 is 2.77 bits per heavy atom. The Kier molecular flexibility index (Phi) is 6.18. The Balaban J connectivity index is 1.60. The van der Waals surface area contributed by atoms with Gasteiger partial charge >= 0.3 is 5.69 Å². The molecule has 1 saturated heterocycles. The van der Waals surface area contributed by atoms with Crippen molar-refractivity contribution in [2.75, 3.05) is 35.3 Å². The van der Waals surface area contributed by atoms with Gasteiger partial charge < -0.3 is 20.3 Å². The number of alkyl halides is 1. The molecule has 0 aliphatic carbocycles. The Morgan fingerprint density at radius 1 is 1.19 bits per heavy atom. The molecule has 2 N–H and O–H groups in total. The van der Waals surface area contributed by atoms with Crippen molar-refractivity contribution in [2.45, 2.75) is 12.8 Å². The van der Waals surface area contributed by atoms with Crippen molar-refractivity contribution in [3.8, 4) is 0 Å². The van der Waals surface area contributed by atoms with Crippen LogP contribution in [-0.4, -0.2) is 40.9 Å². The van der Waals surface area contributed by atoms with E-state index in [1.807, 2.05) is 12.1 Å². The lowest BCUT2D eigenvalue weighted by Gasteiger charge is -2.33. The van der Waals surface area contributed by atoms with Gasteiger partial charge in [0.1, 0.15) is 5.82 Å². The van der Waals surface area contributed by atoms with Crippen LogP contribution in [0.4, 0.5) is 33.1 Å². The molecule has 31 heavy (non-hydrogen) atoms. The lowest BCUT2D eigenvalue weighted by atomic mass is 10.2. The molecular weight excluding hydrogens is 403 g/mol. The number of aromatic nitrogens is 2. The predicted octanol–water partition coefficient (Wildman–Crippen LogP) is 3.87. The third-order valence-electron chi connectivity index (χ3n) is 4.83. The van der Waals surface area contributed by atoms with Crippen LogP contribution in [0.2, 0.25) is 0 Å². The highest BCUT2D eigenvalue weighted by atomic mass is 19.1. The van der Waals surface area contributed by atoms with Gasteiger partial charge in [-0.15, -0.1) is 0 Å². The van der Waals surface area contributed by atoms with Crippen LogP contribution in [0.1, 0.15) is 5.56 Å². The van der Waals surface area contributed by atoms with Gasteiger partial charge in [-0.25, -0.2) is 9.37 Å². The summed E-state index contributed by atoms with van der Waals surface area (Å²) in [5, 5.41) is 17.7. The molecule has 1 fully saturated rings. The molecule has 1 unspecified atom stereocenters. The first-order valence-electron chi connectivity index (χ1n) is 9.74. The van der Waals surface area contributed by atoms with Gasteiger partial charge in [0.05, 0.1) is 29.5 Å². The summed E-state index contributed by atoms with van der Waals surface area (Å²) in [5.74, 6) is 0.540. The molecule has 1 aliphatic rings. The van der Waals surface area contributed by atoms with Crippen LogP contribution < -0.4 is 15.5 Å². The van der Waals surface area contributed by atoms with E-state index in [9.17, 15) is 14.5 Å². The molecule has 0 radical (unpaired) electrons. The highest BCUT2D eigenvalue weighted by Gasteiger charge is 2.25. The Labute approximate surface area is 178 Å². The number of halogens is 1. The molecule has 3 aromatic rings. The minimum Gasteiger partial charge on any atom is -0.375 e. The molecule has 1 aliphatic heterocycles. The Morgan fingerprint density at radius 2 is 2.00 bits per heavy atom. The highest BCUT2D eigenvalue weighted by Crippen LogP contribution is 2.34. The van der Waals surface area contributed by atoms with Crippen molar-refractivity contribution in [1.29, 1.82) is 0 Å². The van der Waals surface area contributed by atoms with Crippen LogP contribution in [0, 0.1) is 10.1 Å². The molecule has 160 valence electrons. The fourth-order valence-corrected chi connectivity index (χ4v) is 3.29. The third-order valence-corrected chi connectivity index (χ3v) is 4.83. The molecule has 3 heterocycles. The number of hydrogen-bond donors (Lipinski definition) is 2. The molecule has 10 heteroatoms. The summed E-state index contributed by atoms with van der Waals surface area (Å²) in [7, 11) is 0. The van der Waals surface area contributed by atoms with Crippen molar-refractivity contribution < 1.29 is 14.1 Å². The van der Waals surface area contributed by atoms with Gasteiger partial charge in [0, 0.05) is 31.5 Å². The number of nitro groups is 1. The number of nitrogens with one attached hydrogen (secondary N) is 2. The molecule has 2 aromatic heterocycles. The molecule has 0 saturated carbocycles. The zero-order chi connectivity index (χ0) is 21.6. The minimum absolute atomic E-state index is 0.0266. The smallest absolute Gasteiger partial charge is 0.311 e. The van der Waals surface area contributed by atoms with Crippen molar-refractivity contribution in [1.82, 2.24) is 9.97 Å².